The maximum Gasteiger partial charge on any atom is 0.121 e. The normalized spacial score (nSPS) is 10.2. The van der Waals surface area contributed by atoms with Crippen molar-refractivity contribution in [2.75, 3.05) is 18.2 Å². The number of methoxy groups -OCH3 is 1. The van der Waals surface area contributed by atoms with Crippen molar-refractivity contribution in [2.45, 2.75) is 6.92 Å². The average Bonchev–Trinajstić information content (AvgIpc) is 2.35. The summed E-state index contributed by atoms with van der Waals surface area (Å²) in [4.78, 5) is 0. The molecule has 0 saturated carbocycles. The molecule has 0 atom stereocenters. The van der Waals surface area contributed by atoms with Gasteiger partial charge in [0.05, 0.1) is 18.5 Å². The van der Waals surface area contributed by atoms with Crippen LogP contribution in [-0.4, -0.2) is 7.11 Å². The number of rotatable bonds is 3. The number of nitrogens with two attached hydrogens (primary N) is 1. The molecule has 0 radical (unpaired) electrons. The van der Waals surface area contributed by atoms with Crippen LogP contribution in [0.5, 0.6) is 5.75 Å². The molecule has 0 bridgehead atoms. The van der Waals surface area contributed by atoms with Crippen molar-refractivity contribution in [3.63, 3.8) is 0 Å². The monoisotopic (exact) mass is 306 g/mol. The Morgan fingerprint density at radius 1 is 1.11 bits per heavy atom. The summed E-state index contributed by atoms with van der Waals surface area (Å²) in [6, 6.07) is 11.6. The number of hydrogen-bond donors (Lipinski definition) is 2. The van der Waals surface area contributed by atoms with Crippen molar-refractivity contribution in [1.29, 1.82) is 0 Å². The predicted octanol–water partition coefficient (Wildman–Crippen LogP) is 4.09. The molecule has 0 aliphatic carbocycles. The van der Waals surface area contributed by atoms with Gasteiger partial charge in [-0.15, -0.1) is 0 Å². The summed E-state index contributed by atoms with van der Waals surface area (Å²) in [7, 11) is 1.64. The largest absolute Gasteiger partial charge is 0.497 e. The number of nitrogen functional groups attached to an aromatic ring is 1. The summed E-state index contributed by atoms with van der Waals surface area (Å²) in [5, 5.41) is 3.32. The highest BCUT2D eigenvalue weighted by Gasteiger charge is 2.04. The van der Waals surface area contributed by atoms with E-state index in [-0.39, 0.29) is 0 Å². The SMILES string of the molecule is COc1ccc(N)c(Nc2ccc(Br)cc2C)c1. The van der Waals surface area contributed by atoms with E-state index in [0.717, 1.165) is 27.2 Å². The lowest BCUT2D eigenvalue weighted by molar-refractivity contribution is 0.415. The fraction of sp³-hybridized carbons (Fsp3) is 0.143. The average molecular weight is 307 g/mol. The molecular formula is C14H15BrN2O. The summed E-state index contributed by atoms with van der Waals surface area (Å²) >= 11 is 3.45. The van der Waals surface area contributed by atoms with Crippen LogP contribution in [0.15, 0.2) is 40.9 Å². The van der Waals surface area contributed by atoms with Gasteiger partial charge in [-0.3, -0.25) is 0 Å². The molecular weight excluding hydrogens is 292 g/mol. The minimum atomic E-state index is 0.693. The van der Waals surface area contributed by atoms with Crippen molar-refractivity contribution in [2.24, 2.45) is 0 Å². The van der Waals surface area contributed by atoms with Crippen LogP contribution in [0.25, 0.3) is 0 Å². The van der Waals surface area contributed by atoms with E-state index in [1.165, 1.54) is 0 Å². The van der Waals surface area contributed by atoms with Crippen molar-refractivity contribution in [3.05, 3.63) is 46.4 Å². The van der Waals surface area contributed by atoms with Gasteiger partial charge in [0.15, 0.2) is 0 Å². The van der Waals surface area contributed by atoms with E-state index in [1.807, 2.05) is 37.3 Å². The lowest BCUT2D eigenvalue weighted by Gasteiger charge is -2.13. The third kappa shape index (κ3) is 2.76. The van der Waals surface area contributed by atoms with E-state index < -0.39 is 0 Å². The molecule has 0 amide bonds. The summed E-state index contributed by atoms with van der Waals surface area (Å²) in [5.74, 6) is 0.779. The summed E-state index contributed by atoms with van der Waals surface area (Å²) < 4.78 is 6.25. The number of ether oxygens (including phenoxy) is 1. The van der Waals surface area contributed by atoms with E-state index in [9.17, 15) is 0 Å². The quantitative estimate of drug-likeness (QED) is 0.840. The molecule has 18 heavy (non-hydrogen) atoms. The standard InChI is InChI=1S/C14H15BrN2O/c1-9-7-10(15)3-6-13(9)17-14-8-11(18-2)4-5-12(14)16/h3-8,17H,16H2,1-2H3. The van der Waals surface area contributed by atoms with E-state index in [2.05, 4.69) is 27.3 Å². The summed E-state index contributed by atoms with van der Waals surface area (Å²) in [6.07, 6.45) is 0. The number of nitrogens with one attached hydrogen (secondary N) is 1. The first-order valence-corrected chi connectivity index (χ1v) is 6.36. The van der Waals surface area contributed by atoms with Crippen LogP contribution in [0.3, 0.4) is 0 Å². The maximum atomic E-state index is 5.94. The van der Waals surface area contributed by atoms with Crippen molar-refractivity contribution >= 4 is 33.0 Å². The highest BCUT2D eigenvalue weighted by molar-refractivity contribution is 9.10. The van der Waals surface area contributed by atoms with Gasteiger partial charge in [-0.25, -0.2) is 0 Å². The Labute approximate surface area is 115 Å². The molecule has 2 rings (SSSR count). The van der Waals surface area contributed by atoms with E-state index in [1.54, 1.807) is 7.11 Å². The second-order valence-electron chi connectivity index (χ2n) is 4.04. The molecule has 4 heteroatoms. The number of anilines is 3. The summed E-state index contributed by atoms with van der Waals surface area (Å²) in [6.45, 7) is 2.05. The third-order valence-corrected chi connectivity index (χ3v) is 3.21. The van der Waals surface area contributed by atoms with Gasteiger partial charge in [0.2, 0.25) is 0 Å². The van der Waals surface area contributed by atoms with Crippen molar-refractivity contribution in [1.82, 2.24) is 0 Å². The Bertz CT molecular complexity index is 570. The summed E-state index contributed by atoms with van der Waals surface area (Å²) in [5.41, 5.74) is 9.66. The molecule has 94 valence electrons. The molecule has 0 aromatic heterocycles. The maximum absolute atomic E-state index is 5.94. The van der Waals surface area contributed by atoms with Gasteiger partial charge < -0.3 is 15.8 Å². The van der Waals surface area contributed by atoms with Crippen LogP contribution in [-0.2, 0) is 0 Å². The fourth-order valence-electron chi connectivity index (χ4n) is 1.68. The zero-order chi connectivity index (χ0) is 13.1. The van der Waals surface area contributed by atoms with Gasteiger partial charge in [-0.1, -0.05) is 15.9 Å². The Balaban J connectivity index is 2.33. The molecule has 0 aliphatic rings. The molecule has 0 unspecified atom stereocenters. The smallest absolute Gasteiger partial charge is 0.121 e. The van der Waals surface area contributed by atoms with Crippen LogP contribution in [0.4, 0.5) is 17.1 Å². The Morgan fingerprint density at radius 3 is 2.56 bits per heavy atom. The topological polar surface area (TPSA) is 47.3 Å². The third-order valence-electron chi connectivity index (χ3n) is 2.72. The van der Waals surface area contributed by atoms with Crippen molar-refractivity contribution < 1.29 is 4.74 Å². The zero-order valence-corrected chi connectivity index (χ0v) is 11.9. The van der Waals surface area contributed by atoms with E-state index in [4.69, 9.17) is 10.5 Å². The molecule has 0 saturated heterocycles. The number of hydrogen-bond acceptors (Lipinski definition) is 3. The van der Waals surface area contributed by atoms with Gasteiger partial charge in [-0.05, 0) is 42.8 Å². The Kier molecular flexibility index (Phi) is 3.77. The minimum Gasteiger partial charge on any atom is -0.497 e. The van der Waals surface area contributed by atoms with Crippen LogP contribution in [0, 0.1) is 6.92 Å². The number of halogens is 1. The van der Waals surface area contributed by atoms with E-state index in [0.29, 0.717) is 5.69 Å². The minimum absolute atomic E-state index is 0.693. The van der Waals surface area contributed by atoms with Crippen molar-refractivity contribution in [3.8, 4) is 5.75 Å². The zero-order valence-electron chi connectivity index (χ0n) is 10.3. The van der Waals surface area contributed by atoms with Gasteiger partial charge >= 0.3 is 0 Å². The first-order valence-electron chi connectivity index (χ1n) is 5.57. The van der Waals surface area contributed by atoms with Gasteiger partial charge in [0, 0.05) is 16.2 Å². The second kappa shape index (κ2) is 5.31. The van der Waals surface area contributed by atoms with Gasteiger partial charge in [-0.2, -0.15) is 0 Å². The number of aryl methyl sites for hydroxylation is 1. The Hall–Kier alpha value is -1.68. The molecule has 0 aliphatic heterocycles. The van der Waals surface area contributed by atoms with Crippen LogP contribution in [0.1, 0.15) is 5.56 Å². The second-order valence-corrected chi connectivity index (χ2v) is 4.95. The first kappa shape index (κ1) is 12.8. The molecule has 3 N–H and O–H groups in total. The molecule has 2 aromatic carbocycles. The lowest BCUT2D eigenvalue weighted by Crippen LogP contribution is -1.98. The predicted molar refractivity (Wildman–Crippen MR) is 79.6 cm³/mol. The highest BCUT2D eigenvalue weighted by Crippen LogP contribution is 2.29. The molecule has 0 spiro atoms. The molecule has 0 fully saturated rings. The fourth-order valence-corrected chi connectivity index (χ4v) is 2.16. The number of benzene rings is 2. The van der Waals surface area contributed by atoms with Gasteiger partial charge in [0.25, 0.3) is 0 Å². The molecule has 0 heterocycles. The van der Waals surface area contributed by atoms with E-state index >= 15 is 0 Å². The molecule has 3 nitrogen and oxygen atoms in total. The molecule has 2 aromatic rings. The van der Waals surface area contributed by atoms with Crippen LogP contribution >= 0.6 is 15.9 Å². The first-order chi connectivity index (χ1) is 8.60. The Morgan fingerprint density at radius 2 is 1.89 bits per heavy atom. The van der Waals surface area contributed by atoms with Crippen LogP contribution in [0.2, 0.25) is 0 Å². The van der Waals surface area contributed by atoms with Crippen LogP contribution < -0.4 is 15.8 Å². The highest BCUT2D eigenvalue weighted by atomic mass is 79.9. The van der Waals surface area contributed by atoms with Gasteiger partial charge in [0.1, 0.15) is 5.75 Å². The lowest BCUT2D eigenvalue weighted by atomic mass is 10.2.